The van der Waals surface area contributed by atoms with E-state index in [2.05, 4.69) is 0 Å². The molecule has 0 bridgehead atoms. The third-order valence-electron chi connectivity index (χ3n) is 2.77. The van der Waals surface area contributed by atoms with Crippen LogP contribution in [0.25, 0.3) is 0 Å². The van der Waals surface area contributed by atoms with Crippen LogP contribution in [-0.2, 0) is 15.7 Å². The second-order valence-electron chi connectivity index (χ2n) is 4.78. The molecule has 0 amide bonds. The van der Waals surface area contributed by atoms with E-state index in [1.165, 1.54) is 26.0 Å². The van der Waals surface area contributed by atoms with Crippen molar-refractivity contribution in [1.29, 1.82) is 0 Å². The van der Waals surface area contributed by atoms with E-state index in [0.717, 1.165) is 6.07 Å². The second-order valence-corrected chi connectivity index (χ2v) is 4.78. The average Bonchev–Trinajstić information content (AvgIpc) is 2.37. The van der Waals surface area contributed by atoms with Gasteiger partial charge < -0.3 is 9.47 Å². The fourth-order valence-corrected chi connectivity index (χ4v) is 1.71. The molecule has 0 saturated carbocycles. The van der Waals surface area contributed by atoms with Gasteiger partial charge in [0.25, 0.3) is 0 Å². The van der Waals surface area contributed by atoms with Gasteiger partial charge in [0.05, 0.1) is 12.2 Å². The van der Waals surface area contributed by atoms with Gasteiger partial charge >= 0.3 is 6.18 Å². The fraction of sp³-hybridized carbons (Fsp3) is 0.533. The Hall–Kier alpha value is -1.56. The lowest BCUT2D eigenvalue weighted by molar-refractivity contribution is -0.138. The summed E-state index contributed by atoms with van der Waals surface area (Å²) in [6, 6.07) is 3.94. The minimum absolute atomic E-state index is 0.0365. The third-order valence-corrected chi connectivity index (χ3v) is 2.77. The molecular weight excluding hydrogens is 285 g/mol. The lowest BCUT2D eigenvalue weighted by Gasteiger charge is -2.13. The SMILES string of the molecule is CC(=O)COCCCCOc1ccc(C)c(C(F)(F)F)c1. The molecule has 118 valence electrons. The Labute approximate surface area is 122 Å². The van der Waals surface area contributed by atoms with Crippen molar-refractivity contribution in [3.63, 3.8) is 0 Å². The number of halogens is 3. The normalized spacial score (nSPS) is 11.5. The molecule has 0 aliphatic carbocycles. The highest BCUT2D eigenvalue weighted by Crippen LogP contribution is 2.34. The van der Waals surface area contributed by atoms with E-state index < -0.39 is 11.7 Å². The lowest BCUT2D eigenvalue weighted by Crippen LogP contribution is -2.09. The number of ketones is 1. The number of ether oxygens (including phenoxy) is 2. The van der Waals surface area contributed by atoms with Crippen molar-refractivity contribution in [2.45, 2.75) is 32.9 Å². The molecule has 3 nitrogen and oxygen atoms in total. The van der Waals surface area contributed by atoms with Gasteiger partial charge in [-0.1, -0.05) is 6.07 Å². The molecule has 0 aliphatic heterocycles. The second kappa shape index (κ2) is 8.02. The first-order valence-electron chi connectivity index (χ1n) is 6.68. The minimum Gasteiger partial charge on any atom is -0.494 e. The van der Waals surface area contributed by atoms with Gasteiger partial charge in [-0.05, 0) is 44.4 Å². The van der Waals surface area contributed by atoms with Crippen LogP contribution in [-0.4, -0.2) is 25.6 Å². The van der Waals surface area contributed by atoms with Crippen molar-refractivity contribution >= 4 is 5.78 Å². The van der Waals surface area contributed by atoms with Crippen LogP contribution in [0, 0.1) is 6.92 Å². The largest absolute Gasteiger partial charge is 0.494 e. The Balaban J connectivity index is 2.34. The Morgan fingerprint density at radius 3 is 2.48 bits per heavy atom. The number of hydrogen-bond donors (Lipinski definition) is 0. The molecule has 0 N–H and O–H groups in total. The number of hydrogen-bond acceptors (Lipinski definition) is 3. The van der Waals surface area contributed by atoms with E-state index in [-0.39, 0.29) is 23.7 Å². The van der Waals surface area contributed by atoms with E-state index in [1.807, 2.05) is 0 Å². The van der Waals surface area contributed by atoms with Crippen LogP contribution in [0.3, 0.4) is 0 Å². The van der Waals surface area contributed by atoms with E-state index in [4.69, 9.17) is 9.47 Å². The zero-order valence-corrected chi connectivity index (χ0v) is 12.1. The van der Waals surface area contributed by atoms with Crippen molar-refractivity contribution < 1.29 is 27.4 Å². The molecule has 6 heteroatoms. The third kappa shape index (κ3) is 6.62. The van der Waals surface area contributed by atoms with Crippen LogP contribution in [0.2, 0.25) is 0 Å². The fourth-order valence-electron chi connectivity index (χ4n) is 1.71. The molecule has 1 rings (SSSR count). The summed E-state index contributed by atoms with van der Waals surface area (Å²) in [6.45, 7) is 3.69. The molecule has 0 unspecified atom stereocenters. The molecule has 0 aliphatic rings. The maximum absolute atomic E-state index is 12.7. The number of alkyl halides is 3. The molecule has 0 spiro atoms. The number of carbonyl (C=O) groups excluding carboxylic acids is 1. The van der Waals surface area contributed by atoms with Crippen molar-refractivity contribution in [1.82, 2.24) is 0 Å². The van der Waals surface area contributed by atoms with Crippen LogP contribution >= 0.6 is 0 Å². The maximum Gasteiger partial charge on any atom is 0.416 e. The monoisotopic (exact) mass is 304 g/mol. The lowest BCUT2D eigenvalue weighted by atomic mass is 10.1. The number of carbonyl (C=O) groups is 1. The Morgan fingerprint density at radius 1 is 1.19 bits per heavy atom. The smallest absolute Gasteiger partial charge is 0.416 e. The zero-order chi connectivity index (χ0) is 15.9. The van der Waals surface area contributed by atoms with Crippen LogP contribution in [0.1, 0.15) is 30.9 Å². The predicted octanol–water partition coefficient (Wildman–Crippen LogP) is 3.78. The standard InChI is InChI=1S/C15H19F3O3/c1-11-5-6-13(9-14(11)15(16,17)18)21-8-4-3-7-20-10-12(2)19/h5-6,9H,3-4,7-8,10H2,1-2H3. The number of unbranched alkanes of at least 4 members (excludes halogenated alkanes) is 1. The average molecular weight is 304 g/mol. The van der Waals surface area contributed by atoms with Gasteiger partial charge in [-0.3, -0.25) is 4.79 Å². The predicted molar refractivity (Wildman–Crippen MR) is 72.4 cm³/mol. The molecular formula is C15H19F3O3. The summed E-state index contributed by atoms with van der Waals surface area (Å²) in [7, 11) is 0. The summed E-state index contributed by atoms with van der Waals surface area (Å²) >= 11 is 0. The topological polar surface area (TPSA) is 35.5 Å². The molecule has 0 atom stereocenters. The molecule has 0 aromatic heterocycles. The highest BCUT2D eigenvalue weighted by Gasteiger charge is 2.32. The highest BCUT2D eigenvalue weighted by molar-refractivity contribution is 5.76. The first kappa shape index (κ1) is 17.5. The minimum atomic E-state index is -4.37. The molecule has 21 heavy (non-hydrogen) atoms. The van der Waals surface area contributed by atoms with E-state index >= 15 is 0 Å². The van der Waals surface area contributed by atoms with Gasteiger partial charge in [-0.15, -0.1) is 0 Å². The number of benzene rings is 1. The zero-order valence-electron chi connectivity index (χ0n) is 12.1. The first-order valence-corrected chi connectivity index (χ1v) is 6.68. The van der Waals surface area contributed by atoms with Crippen LogP contribution in [0.15, 0.2) is 18.2 Å². The summed E-state index contributed by atoms with van der Waals surface area (Å²) in [4.78, 5) is 10.6. The van der Waals surface area contributed by atoms with Gasteiger partial charge in [-0.2, -0.15) is 13.2 Å². The van der Waals surface area contributed by atoms with Gasteiger partial charge in [0, 0.05) is 6.61 Å². The van der Waals surface area contributed by atoms with Gasteiger partial charge in [-0.25, -0.2) is 0 Å². The Bertz CT molecular complexity index is 470. The molecule has 1 aromatic rings. The molecule has 0 heterocycles. The Kier molecular flexibility index (Phi) is 6.68. The molecule has 1 aromatic carbocycles. The quantitative estimate of drug-likeness (QED) is 0.686. The summed E-state index contributed by atoms with van der Waals surface area (Å²) in [5, 5.41) is 0. The highest BCUT2D eigenvalue weighted by atomic mass is 19.4. The van der Waals surface area contributed by atoms with E-state index in [1.54, 1.807) is 0 Å². The van der Waals surface area contributed by atoms with E-state index in [9.17, 15) is 18.0 Å². The maximum atomic E-state index is 12.7. The van der Waals surface area contributed by atoms with Crippen LogP contribution in [0.5, 0.6) is 5.75 Å². The summed E-state index contributed by atoms with van der Waals surface area (Å²) < 4.78 is 48.5. The summed E-state index contributed by atoms with van der Waals surface area (Å²) in [5.41, 5.74) is -0.503. The van der Waals surface area contributed by atoms with Crippen molar-refractivity contribution in [3.8, 4) is 5.75 Å². The number of rotatable bonds is 8. The first-order chi connectivity index (χ1) is 9.80. The molecule has 0 saturated heterocycles. The van der Waals surface area contributed by atoms with Crippen LogP contribution < -0.4 is 4.74 Å². The van der Waals surface area contributed by atoms with Crippen molar-refractivity contribution in [2.24, 2.45) is 0 Å². The number of aryl methyl sites for hydroxylation is 1. The Morgan fingerprint density at radius 2 is 1.86 bits per heavy atom. The van der Waals surface area contributed by atoms with Crippen molar-refractivity contribution in [3.05, 3.63) is 29.3 Å². The van der Waals surface area contributed by atoms with Crippen molar-refractivity contribution in [2.75, 3.05) is 19.8 Å². The van der Waals surface area contributed by atoms with E-state index in [0.29, 0.717) is 26.1 Å². The number of Topliss-reactive ketones (excluding diaryl/α,β-unsaturated/α-hetero) is 1. The van der Waals surface area contributed by atoms with Gasteiger partial charge in [0.1, 0.15) is 12.4 Å². The summed E-state index contributed by atoms with van der Waals surface area (Å²) in [6.07, 6.45) is -3.04. The van der Waals surface area contributed by atoms with Gasteiger partial charge in [0.15, 0.2) is 5.78 Å². The molecule has 0 fully saturated rings. The van der Waals surface area contributed by atoms with Crippen LogP contribution in [0.4, 0.5) is 13.2 Å². The van der Waals surface area contributed by atoms with Gasteiger partial charge in [0.2, 0.25) is 0 Å². The molecule has 0 radical (unpaired) electrons. The summed E-state index contributed by atoms with van der Waals surface area (Å²) in [5.74, 6) is 0.170.